The Balaban J connectivity index is 1.47. The Kier molecular flexibility index (Phi) is 7.98. The van der Waals surface area contributed by atoms with Crippen LogP contribution in [-0.2, 0) is 19.3 Å². The molecule has 3 heteroatoms. The summed E-state index contributed by atoms with van der Waals surface area (Å²) < 4.78 is 0. The quantitative estimate of drug-likeness (QED) is 0.396. The summed E-state index contributed by atoms with van der Waals surface area (Å²) in [7, 11) is 0. The number of nitrogens with one attached hydrogen (secondary N) is 1. The third kappa shape index (κ3) is 7.22. The summed E-state index contributed by atoms with van der Waals surface area (Å²) in [5.74, 6) is 1.88. The van der Waals surface area contributed by atoms with Gasteiger partial charge in [0.1, 0.15) is 5.82 Å². The summed E-state index contributed by atoms with van der Waals surface area (Å²) in [4.78, 5) is 7.57. The molecule has 0 radical (unpaired) electrons. The lowest BCUT2D eigenvalue weighted by atomic mass is 9.89. The Hall–Kier alpha value is -2.06. The van der Waals surface area contributed by atoms with E-state index in [1.54, 1.807) is 0 Å². The average Bonchev–Trinajstić information content (AvgIpc) is 3.21. The smallest absolute Gasteiger partial charge is 0.105 e. The van der Waals surface area contributed by atoms with E-state index in [1.807, 2.05) is 24.5 Å². The van der Waals surface area contributed by atoms with Gasteiger partial charge >= 0.3 is 0 Å². The molecule has 0 aliphatic rings. The zero-order chi connectivity index (χ0) is 18.7. The van der Waals surface area contributed by atoms with Crippen LogP contribution in [0.3, 0.4) is 0 Å². The Morgan fingerprint density at radius 3 is 2.19 bits per heavy atom. The van der Waals surface area contributed by atoms with Gasteiger partial charge < -0.3 is 4.98 Å². The van der Waals surface area contributed by atoms with Crippen molar-refractivity contribution in [3.8, 4) is 0 Å². The monoisotopic (exact) mass is 380 g/mol. The van der Waals surface area contributed by atoms with Crippen LogP contribution in [0.15, 0.2) is 67.0 Å². The number of H-pyrrole nitrogens is 1. The molecule has 0 spiro atoms. The summed E-state index contributed by atoms with van der Waals surface area (Å²) in [5, 5.41) is 0.817. The maximum absolute atomic E-state index is 5.99. The van der Waals surface area contributed by atoms with E-state index in [2.05, 4.69) is 52.4 Å². The summed E-state index contributed by atoms with van der Waals surface area (Å²) in [6, 6.07) is 19.2. The van der Waals surface area contributed by atoms with Crippen LogP contribution in [0, 0.1) is 5.92 Å². The number of aromatic nitrogens is 2. The van der Waals surface area contributed by atoms with Gasteiger partial charge in [-0.25, -0.2) is 4.98 Å². The number of nitrogens with zero attached hydrogens (tertiary/aromatic N) is 1. The van der Waals surface area contributed by atoms with Gasteiger partial charge in [0, 0.05) is 23.8 Å². The molecule has 2 aromatic carbocycles. The molecule has 142 valence electrons. The first-order chi connectivity index (χ1) is 13.3. The van der Waals surface area contributed by atoms with Crippen LogP contribution in [0.1, 0.15) is 49.1 Å². The number of benzene rings is 2. The SMILES string of the molecule is Clc1ccc(CCCC(CCCc2ncc[nH]2)CCc2ccccc2)cc1. The minimum atomic E-state index is 0.771. The van der Waals surface area contributed by atoms with Gasteiger partial charge in [0.2, 0.25) is 0 Å². The molecule has 0 aliphatic carbocycles. The molecule has 2 nitrogen and oxygen atoms in total. The predicted octanol–water partition coefficient (Wildman–Crippen LogP) is 6.66. The summed E-state index contributed by atoms with van der Waals surface area (Å²) in [6.07, 6.45) is 13.4. The molecule has 0 fully saturated rings. The maximum Gasteiger partial charge on any atom is 0.105 e. The highest BCUT2D eigenvalue weighted by molar-refractivity contribution is 6.30. The molecule has 0 bridgehead atoms. The minimum absolute atomic E-state index is 0.771. The highest BCUT2D eigenvalue weighted by Crippen LogP contribution is 2.23. The lowest BCUT2D eigenvalue weighted by Crippen LogP contribution is -2.05. The first-order valence-electron chi connectivity index (χ1n) is 10.1. The van der Waals surface area contributed by atoms with E-state index in [1.165, 1.54) is 49.7 Å². The molecule has 0 amide bonds. The van der Waals surface area contributed by atoms with Crippen LogP contribution in [0.4, 0.5) is 0 Å². The zero-order valence-corrected chi connectivity index (χ0v) is 16.7. The molecule has 0 saturated carbocycles. The summed E-state index contributed by atoms with van der Waals surface area (Å²) >= 11 is 5.99. The van der Waals surface area contributed by atoms with Crippen LogP contribution in [-0.4, -0.2) is 9.97 Å². The van der Waals surface area contributed by atoms with Gasteiger partial charge in [-0.1, -0.05) is 66.9 Å². The first kappa shape index (κ1) is 19.7. The van der Waals surface area contributed by atoms with Crippen molar-refractivity contribution in [2.75, 3.05) is 0 Å². The van der Waals surface area contributed by atoms with Crippen molar-refractivity contribution in [1.82, 2.24) is 9.97 Å². The molecule has 1 N–H and O–H groups in total. The van der Waals surface area contributed by atoms with E-state index in [9.17, 15) is 0 Å². The highest BCUT2D eigenvalue weighted by Gasteiger charge is 2.10. The van der Waals surface area contributed by atoms with E-state index < -0.39 is 0 Å². The first-order valence-corrected chi connectivity index (χ1v) is 10.4. The second-order valence-corrected chi connectivity index (χ2v) is 7.77. The number of halogens is 1. The normalized spacial score (nSPS) is 12.2. The number of rotatable bonds is 11. The molecular formula is C24H29ClN2. The molecule has 0 saturated heterocycles. The van der Waals surface area contributed by atoms with Crippen molar-refractivity contribution >= 4 is 11.6 Å². The number of hydrogen-bond acceptors (Lipinski definition) is 1. The van der Waals surface area contributed by atoms with Crippen molar-refractivity contribution in [2.45, 2.75) is 51.4 Å². The highest BCUT2D eigenvalue weighted by atomic mass is 35.5. The zero-order valence-electron chi connectivity index (χ0n) is 15.9. The Labute approximate surface area is 168 Å². The van der Waals surface area contributed by atoms with Crippen LogP contribution in [0.25, 0.3) is 0 Å². The van der Waals surface area contributed by atoms with E-state index >= 15 is 0 Å². The lowest BCUT2D eigenvalue weighted by Gasteiger charge is -2.17. The van der Waals surface area contributed by atoms with Gasteiger partial charge in [-0.2, -0.15) is 0 Å². The standard InChI is InChI=1S/C24H29ClN2/c25-23-16-14-22(15-17-23)9-4-8-21(10-5-11-24-26-18-19-27-24)13-12-20-6-2-1-3-7-20/h1-3,6-7,14-19,21H,4-5,8-13H2,(H,26,27). The maximum atomic E-state index is 5.99. The van der Waals surface area contributed by atoms with Crippen LogP contribution in [0.2, 0.25) is 5.02 Å². The van der Waals surface area contributed by atoms with Gasteiger partial charge in [0.15, 0.2) is 0 Å². The Morgan fingerprint density at radius 2 is 1.48 bits per heavy atom. The topological polar surface area (TPSA) is 28.7 Å². The van der Waals surface area contributed by atoms with Gasteiger partial charge in [-0.15, -0.1) is 0 Å². The summed E-state index contributed by atoms with van der Waals surface area (Å²) in [6.45, 7) is 0. The van der Waals surface area contributed by atoms with Crippen molar-refractivity contribution in [3.05, 3.63) is 89.0 Å². The third-order valence-corrected chi connectivity index (χ3v) is 5.51. The van der Waals surface area contributed by atoms with E-state index in [4.69, 9.17) is 11.6 Å². The van der Waals surface area contributed by atoms with Gasteiger partial charge in [0.05, 0.1) is 0 Å². The molecular weight excluding hydrogens is 352 g/mol. The fourth-order valence-electron chi connectivity index (χ4n) is 3.69. The van der Waals surface area contributed by atoms with Crippen molar-refractivity contribution in [1.29, 1.82) is 0 Å². The van der Waals surface area contributed by atoms with Gasteiger partial charge in [0.25, 0.3) is 0 Å². The molecule has 3 aromatic rings. The van der Waals surface area contributed by atoms with Crippen molar-refractivity contribution in [3.63, 3.8) is 0 Å². The Bertz CT molecular complexity index is 751. The number of aryl methyl sites for hydroxylation is 3. The molecule has 1 atom stereocenters. The minimum Gasteiger partial charge on any atom is -0.349 e. The summed E-state index contributed by atoms with van der Waals surface area (Å²) in [5.41, 5.74) is 2.84. The molecule has 1 aromatic heterocycles. The number of imidazole rings is 1. The second kappa shape index (κ2) is 10.9. The Morgan fingerprint density at radius 1 is 0.778 bits per heavy atom. The molecule has 1 unspecified atom stereocenters. The fraction of sp³-hybridized carbons (Fsp3) is 0.375. The van der Waals surface area contributed by atoms with Crippen molar-refractivity contribution < 1.29 is 0 Å². The van der Waals surface area contributed by atoms with Crippen LogP contribution < -0.4 is 0 Å². The average molecular weight is 381 g/mol. The molecule has 3 rings (SSSR count). The predicted molar refractivity (Wildman–Crippen MR) is 114 cm³/mol. The van der Waals surface area contributed by atoms with Crippen LogP contribution in [0.5, 0.6) is 0 Å². The number of aromatic amines is 1. The second-order valence-electron chi connectivity index (χ2n) is 7.34. The number of hydrogen-bond donors (Lipinski definition) is 1. The van der Waals surface area contributed by atoms with Crippen LogP contribution >= 0.6 is 11.6 Å². The fourth-order valence-corrected chi connectivity index (χ4v) is 3.81. The largest absolute Gasteiger partial charge is 0.349 e. The molecule has 27 heavy (non-hydrogen) atoms. The van der Waals surface area contributed by atoms with Gasteiger partial charge in [-0.3, -0.25) is 0 Å². The third-order valence-electron chi connectivity index (χ3n) is 5.26. The van der Waals surface area contributed by atoms with Gasteiger partial charge in [-0.05, 0) is 61.3 Å². The van der Waals surface area contributed by atoms with E-state index in [-0.39, 0.29) is 0 Å². The van der Waals surface area contributed by atoms with E-state index in [0.29, 0.717) is 0 Å². The molecule has 1 heterocycles. The van der Waals surface area contributed by atoms with E-state index in [0.717, 1.165) is 29.6 Å². The lowest BCUT2D eigenvalue weighted by molar-refractivity contribution is 0.396. The molecule has 0 aliphatic heterocycles. The van der Waals surface area contributed by atoms with Crippen molar-refractivity contribution in [2.24, 2.45) is 5.92 Å².